The number of halogens is 2. The molecule has 2 aliphatic rings. The van der Waals surface area contributed by atoms with Crippen LogP contribution in [0.1, 0.15) is 57.7 Å². The number of nitriles is 1. The quantitative estimate of drug-likeness (QED) is 0.333. The van der Waals surface area contributed by atoms with E-state index in [2.05, 4.69) is 15.6 Å². The van der Waals surface area contributed by atoms with E-state index in [1.807, 2.05) is 13.0 Å². The fourth-order valence-corrected chi connectivity index (χ4v) is 5.06. The van der Waals surface area contributed by atoms with Crippen LogP contribution in [0.5, 0.6) is 0 Å². The zero-order valence-electron chi connectivity index (χ0n) is 25.6. The van der Waals surface area contributed by atoms with Gasteiger partial charge in [0.1, 0.15) is 17.2 Å². The third kappa shape index (κ3) is 7.19. The summed E-state index contributed by atoms with van der Waals surface area (Å²) in [5.41, 5.74) is 1.44. The lowest BCUT2D eigenvalue weighted by Gasteiger charge is -2.39. The van der Waals surface area contributed by atoms with Crippen molar-refractivity contribution in [2.45, 2.75) is 44.4 Å². The molecule has 1 saturated carbocycles. The van der Waals surface area contributed by atoms with E-state index in [1.54, 1.807) is 61.1 Å². The van der Waals surface area contributed by atoms with E-state index in [9.17, 15) is 28.4 Å². The highest BCUT2D eigenvalue weighted by Gasteiger charge is 2.46. The Kier molecular flexibility index (Phi) is 8.99. The zero-order valence-corrected chi connectivity index (χ0v) is 25.6. The van der Waals surface area contributed by atoms with Crippen molar-refractivity contribution in [2.24, 2.45) is 0 Å². The van der Waals surface area contributed by atoms with Gasteiger partial charge in [-0.15, -0.1) is 0 Å². The predicted molar refractivity (Wildman–Crippen MR) is 165 cm³/mol. The summed E-state index contributed by atoms with van der Waals surface area (Å²) >= 11 is 0. The van der Waals surface area contributed by atoms with Gasteiger partial charge < -0.3 is 29.7 Å². The molecule has 1 aliphatic carbocycles. The van der Waals surface area contributed by atoms with Crippen molar-refractivity contribution in [3.8, 4) is 17.2 Å². The van der Waals surface area contributed by atoms with Gasteiger partial charge in [-0.2, -0.15) is 5.26 Å². The number of rotatable bonds is 11. The van der Waals surface area contributed by atoms with Gasteiger partial charge in [0, 0.05) is 52.1 Å². The van der Waals surface area contributed by atoms with Gasteiger partial charge in [0.25, 0.3) is 23.3 Å². The smallest absolute Gasteiger partial charge is 0.282 e. The summed E-state index contributed by atoms with van der Waals surface area (Å²) in [6, 6.07) is 11.3. The number of likely N-dealkylation sites (tertiary alicyclic amines) is 1. The minimum Gasteiger partial charge on any atom is -0.380 e. The third-order valence-electron chi connectivity index (χ3n) is 7.78. The van der Waals surface area contributed by atoms with E-state index in [0.717, 1.165) is 23.3 Å². The average molecular weight is 620 g/mol. The first-order chi connectivity index (χ1) is 21.4. The van der Waals surface area contributed by atoms with E-state index in [4.69, 9.17) is 4.74 Å². The summed E-state index contributed by atoms with van der Waals surface area (Å²) in [6.45, 7) is 1.53. The highest BCUT2D eigenvalue weighted by molar-refractivity contribution is 6.05. The first-order valence-electron chi connectivity index (χ1n) is 14.6. The number of ether oxygens (including phenoxy) is 1. The van der Waals surface area contributed by atoms with Crippen LogP contribution in [0.25, 0.3) is 11.1 Å². The van der Waals surface area contributed by atoms with Crippen LogP contribution < -0.4 is 21.1 Å². The lowest BCUT2D eigenvalue weighted by Crippen LogP contribution is -2.58. The van der Waals surface area contributed by atoms with Crippen molar-refractivity contribution in [1.82, 2.24) is 19.8 Å². The van der Waals surface area contributed by atoms with E-state index in [0.29, 0.717) is 30.0 Å². The molecule has 1 aromatic carbocycles. The van der Waals surface area contributed by atoms with Gasteiger partial charge >= 0.3 is 0 Å². The van der Waals surface area contributed by atoms with Crippen molar-refractivity contribution in [3.63, 3.8) is 0 Å². The molecule has 2 aromatic heterocycles. The van der Waals surface area contributed by atoms with Gasteiger partial charge in [0.05, 0.1) is 30.8 Å². The Balaban J connectivity index is 1.48. The Morgan fingerprint density at radius 2 is 1.91 bits per heavy atom. The van der Waals surface area contributed by atoms with Crippen molar-refractivity contribution in [1.29, 1.82) is 5.26 Å². The number of nitrogens with one attached hydrogen (secondary N) is 2. The maximum atomic E-state index is 13.6. The molecule has 2 fully saturated rings. The Morgan fingerprint density at radius 1 is 1.18 bits per heavy atom. The van der Waals surface area contributed by atoms with Crippen LogP contribution in [0, 0.1) is 11.3 Å². The molecule has 11 nitrogen and oxygen atoms in total. The van der Waals surface area contributed by atoms with Crippen LogP contribution in [0.15, 0.2) is 47.4 Å². The highest BCUT2D eigenvalue weighted by atomic mass is 19.3. The van der Waals surface area contributed by atoms with Crippen LogP contribution in [0.4, 0.5) is 20.4 Å². The number of carbonyl (C=O) groups excluding carboxylic acids is 2. The Hall–Kier alpha value is -4.67. The van der Waals surface area contributed by atoms with Crippen molar-refractivity contribution in [3.05, 3.63) is 75.2 Å². The molecule has 1 aliphatic heterocycles. The highest BCUT2D eigenvalue weighted by Crippen LogP contribution is 2.35. The SMILES string of the molecule is CO[C@@H](C)CNCc1cc(C(=O)Nc2cc(-c3ccc(C#N)cc3C(=O)N3CC(F)(F)C3)cc(N(C)C)n2)c(=O)n(C2CC2)c1. The second-order valence-electron chi connectivity index (χ2n) is 11.7. The number of amides is 2. The van der Waals surface area contributed by atoms with Crippen LogP contribution in [-0.2, 0) is 11.3 Å². The second kappa shape index (κ2) is 12.7. The van der Waals surface area contributed by atoms with Crippen molar-refractivity contribution >= 4 is 23.5 Å². The molecular formula is C32H35F2N7O4. The zero-order chi connectivity index (χ0) is 32.5. The van der Waals surface area contributed by atoms with Crippen LogP contribution >= 0.6 is 0 Å². The molecule has 45 heavy (non-hydrogen) atoms. The molecule has 5 rings (SSSR count). The van der Waals surface area contributed by atoms with Crippen LogP contribution in [0.3, 0.4) is 0 Å². The van der Waals surface area contributed by atoms with E-state index in [-0.39, 0.29) is 34.7 Å². The lowest BCUT2D eigenvalue weighted by atomic mass is 9.95. The van der Waals surface area contributed by atoms with Crippen LogP contribution in [-0.4, -0.2) is 79.1 Å². The van der Waals surface area contributed by atoms with Gasteiger partial charge in [-0.05, 0) is 66.8 Å². The van der Waals surface area contributed by atoms with Gasteiger partial charge in [-0.25, -0.2) is 13.8 Å². The molecule has 1 saturated heterocycles. The normalized spacial score (nSPS) is 16.0. The number of benzene rings is 1. The monoisotopic (exact) mass is 619 g/mol. The molecule has 0 radical (unpaired) electrons. The molecular weight excluding hydrogens is 584 g/mol. The summed E-state index contributed by atoms with van der Waals surface area (Å²) in [4.78, 5) is 47.5. The Morgan fingerprint density at radius 3 is 2.53 bits per heavy atom. The van der Waals surface area contributed by atoms with Crippen molar-refractivity contribution in [2.75, 3.05) is 51.1 Å². The Labute approximate surface area is 259 Å². The van der Waals surface area contributed by atoms with Gasteiger partial charge in [-0.3, -0.25) is 14.4 Å². The fourth-order valence-electron chi connectivity index (χ4n) is 5.06. The molecule has 3 heterocycles. The standard InChI is InChI=1S/C32H35F2N7O4/c1-19(45-4)14-36-15-21-10-26(31(44)41(16-21)23-6-7-23)29(42)38-27-11-22(12-28(37-27)39(2)3)24-8-5-20(13-35)9-25(24)30(43)40-17-32(33,34)18-40/h5,8-12,16,19,23,36H,6-7,14-15,17-18H2,1-4H3,(H,37,38,42)/t19-/m0/s1. The molecule has 2 N–H and O–H groups in total. The van der Waals surface area contributed by atoms with E-state index < -0.39 is 36.4 Å². The van der Waals surface area contributed by atoms with Crippen LogP contribution in [0.2, 0.25) is 0 Å². The summed E-state index contributed by atoms with van der Waals surface area (Å²) in [5, 5.41) is 15.5. The molecule has 236 valence electrons. The molecule has 0 bridgehead atoms. The minimum atomic E-state index is -2.96. The number of hydrogen-bond donors (Lipinski definition) is 2. The largest absolute Gasteiger partial charge is 0.380 e. The summed E-state index contributed by atoms with van der Waals surface area (Å²) < 4.78 is 34.1. The number of hydrogen-bond acceptors (Lipinski definition) is 8. The third-order valence-corrected chi connectivity index (χ3v) is 7.78. The number of carbonyl (C=O) groups is 2. The summed E-state index contributed by atoms with van der Waals surface area (Å²) in [6.07, 6.45) is 3.48. The number of methoxy groups -OCH3 is 1. The van der Waals surface area contributed by atoms with E-state index >= 15 is 0 Å². The first kappa shape index (κ1) is 31.7. The number of alkyl halides is 2. The Bertz CT molecular complexity index is 1720. The fraction of sp³-hybridized carbons (Fsp3) is 0.406. The maximum absolute atomic E-state index is 13.6. The molecule has 13 heteroatoms. The molecule has 2 amide bonds. The number of anilines is 2. The number of aromatic nitrogens is 2. The molecule has 3 aromatic rings. The predicted octanol–water partition coefficient (Wildman–Crippen LogP) is 3.65. The topological polar surface area (TPSA) is 133 Å². The molecule has 1 atom stereocenters. The second-order valence-corrected chi connectivity index (χ2v) is 11.7. The average Bonchev–Trinajstić information content (AvgIpc) is 3.85. The maximum Gasteiger partial charge on any atom is 0.282 e. The summed E-state index contributed by atoms with van der Waals surface area (Å²) in [7, 11) is 5.13. The van der Waals surface area contributed by atoms with Gasteiger partial charge in [0.15, 0.2) is 0 Å². The van der Waals surface area contributed by atoms with E-state index in [1.165, 1.54) is 12.1 Å². The number of pyridine rings is 2. The van der Waals surface area contributed by atoms with Gasteiger partial charge in [0.2, 0.25) is 0 Å². The number of nitrogens with zero attached hydrogens (tertiary/aromatic N) is 5. The molecule has 0 spiro atoms. The molecule has 0 unspecified atom stereocenters. The minimum absolute atomic E-state index is 0.00915. The lowest BCUT2D eigenvalue weighted by molar-refractivity contribution is -0.113. The summed E-state index contributed by atoms with van der Waals surface area (Å²) in [5.74, 6) is -3.68. The van der Waals surface area contributed by atoms with Crippen molar-refractivity contribution < 1.29 is 23.1 Å². The first-order valence-corrected chi connectivity index (χ1v) is 14.6. The van der Waals surface area contributed by atoms with Gasteiger partial charge in [-0.1, -0.05) is 6.07 Å².